The third-order valence-electron chi connectivity index (χ3n) is 1.22. The van der Waals surface area contributed by atoms with Gasteiger partial charge in [-0.25, -0.2) is 0 Å². The van der Waals surface area contributed by atoms with Gasteiger partial charge in [-0.3, -0.25) is 0 Å². The quantitative estimate of drug-likeness (QED) is 0.585. The standard InChI is InChI=1S/C9H9NSSe/c10-6-7-11-8-12-9-4-2-1-3-5-9/h1-5H,7-8H2. The van der Waals surface area contributed by atoms with Crippen molar-refractivity contribution >= 4 is 31.2 Å². The summed E-state index contributed by atoms with van der Waals surface area (Å²) in [6, 6.07) is 12.6. The van der Waals surface area contributed by atoms with E-state index in [0.717, 1.165) is 4.65 Å². The van der Waals surface area contributed by atoms with Crippen LogP contribution in [0, 0.1) is 11.3 Å². The van der Waals surface area contributed by atoms with Crippen LogP contribution in [0.3, 0.4) is 0 Å². The van der Waals surface area contributed by atoms with Crippen LogP contribution >= 0.6 is 11.8 Å². The van der Waals surface area contributed by atoms with E-state index in [2.05, 4.69) is 30.3 Å². The van der Waals surface area contributed by atoms with Crippen molar-refractivity contribution in [2.45, 2.75) is 0 Å². The third kappa shape index (κ3) is 3.82. The number of hydrogen-bond donors (Lipinski definition) is 0. The molecule has 1 nitrogen and oxygen atoms in total. The maximum absolute atomic E-state index is 8.30. The number of rotatable bonds is 4. The monoisotopic (exact) mass is 243 g/mol. The number of benzene rings is 1. The normalized spacial score (nSPS) is 9.25. The van der Waals surface area contributed by atoms with Gasteiger partial charge in [0.1, 0.15) is 0 Å². The van der Waals surface area contributed by atoms with E-state index in [1.807, 2.05) is 6.07 Å². The van der Waals surface area contributed by atoms with Crippen molar-refractivity contribution in [1.29, 1.82) is 5.26 Å². The van der Waals surface area contributed by atoms with Crippen LogP contribution in [-0.2, 0) is 0 Å². The van der Waals surface area contributed by atoms with Crippen LogP contribution < -0.4 is 4.46 Å². The molecule has 62 valence electrons. The molecule has 0 atom stereocenters. The van der Waals surface area contributed by atoms with Crippen molar-refractivity contribution in [3.05, 3.63) is 30.3 Å². The van der Waals surface area contributed by atoms with Gasteiger partial charge in [-0.1, -0.05) is 0 Å². The first-order valence-electron chi connectivity index (χ1n) is 3.56. The number of hydrogen-bond acceptors (Lipinski definition) is 2. The molecule has 0 aliphatic rings. The molecule has 1 aromatic rings. The zero-order valence-corrected chi connectivity index (χ0v) is 9.09. The van der Waals surface area contributed by atoms with E-state index in [4.69, 9.17) is 5.26 Å². The van der Waals surface area contributed by atoms with Gasteiger partial charge in [0.15, 0.2) is 0 Å². The first-order valence-corrected chi connectivity index (χ1v) is 6.78. The molecule has 0 unspecified atom stereocenters. The summed E-state index contributed by atoms with van der Waals surface area (Å²) in [4.78, 5) is 0. The second kappa shape index (κ2) is 6.14. The van der Waals surface area contributed by atoms with Crippen molar-refractivity contribution in [2.24, 2.45) is 0 Å². The Kier molecular flexibility index (Phi) is 4.94. The predicted molar refractivity (Wildman–Crippen MR) is 54.8 cm³/mol. The van der Waals surface area contributed by atoms with Crippen LogP contribution in [0.1, 0.15) is 0 Å². The molecular weight excluding hydrogens is 233 g/mol. The molecule has 0 N–H and O–H groups in total. The summed E-state index contributed by atoms with van der Waals surface area (Å²) in [5.74, 6) is 0.620. The Morgan fingerprint density at radius 1 is 1.33 bits per heavy atom. The molecule has 0 bridgehead atoms. The van der Waals surface area contributed by atoms with Crippen molar-refractivity contribution in [2.75, 3.05) is 10.4 Å². The van der Waals surface area contributed by atoms with Crippen molar-refractivity contribution in [3.63, 3.8) is 0 Å². The van der Waals surface area contributed by atoms with E-state index in [-0.39, 0.29) is 0 Å². The van der Waals surface area contributed by atoms with E-state index in [9.17, 15) is 0 Å². The molecule has 1 rings (SSSR count). The van der Waals surface area contributed by atoms with Gasteiger partial charge in [0.25, 0.3) is 0 Å². The van der Waals surface area contributed by atoms with Crippen molar-refractivity contribution in [3.8, 4) is 6.07 Å². The Balaban J connectivity index is 2.21. The SMILES string of the molecule is N#CCSC[Se]c1ccccc1. The predicted octanol–water partition coefficient (Wildman–Crippen LogP) is 1.23. The molecule has 0 saturated heterocycles. The van der Waals surface area contributed by atoms with Gasteiger partial charge in [0.05, 0.1) is 0 Å². The molecule has 0 radical (unpaired) electrons. The van der Waals surface area contributed by atoms with E-state index >= 15 is 0 Å². The van der Waals surface area contributed by atoms with Crippen LogP contribution in [0.25, 0.3) is 0 Å². The van der Waals surface area contributed by atoms with Crippen LogP contribution in [-0.4, -0.2) is 25.4 Å². The molecule has 0 aliphatic heterocycles. The molecule has 0 spiro atoms. The average Bonchev–Trinajstić information content (AvgIpc) is 2.14. The zero-order valence-electron chi connectivity index (χ0n) is 6.56. The molecule has 0 aliphatic carbocycles. The summed E-state index contributed by atoms with van der Waals surface area (Å²) in [5, 5.41) is 8.30. The van der Waals surface area contributed by atoms with Gasteiger partial charge in [-0.05, 0) is 0 Å². The summed E-state index contributed by atoms with van der Waals surface area (Å²) in [5.41, 5.74) is 0. The fourth-order valence-electron chi connectivity index (χ4n) is 0.714. The summed E-state index contributed by atoms with van der Waals surface area (Å²) in [6.45, 7) is 0. The first-order chi connectivity index (χ1) is 5.93. The summed E-state index contributed by atoms with van der Waals surface area (Å²) >= 11 is 2.25. The molecule has 3 heteroatoms. The fourth-order valence-corrected chi connectivity index (χ4v) is 3.75. The Bertz CT molecular complexity index is 255. The van der Waals surface area contributed by atoms with Crippen LogP contribution in [0.2, 0.25) is 0 Å². The van der Waals surface area contributed by atoms with Gasteiger partial charge in [0.2, 0.25) is 0 Å². The zero-order chi connectivity index (χ0) is 8.65. The second-order valence-electron chi connectivity index (χ2n) is 2.08. The minimum absolute atomic E-state index is 0.531. The maximum atomic E-state index is 8.30. The summed E-state index contributed by atoms with van der Waals surface area (Å²) in [6.07, 6.45) is 0. The van der Waals surface area contributed by atoms with Gasteiger partial charge < -0.3 is 0 Å². The molecular formula is C9H9NSSe. The van der Waals surface area contributed by atoms with Gasteiger partial charge in [0, 0.05) is 0 Å². The van der Waals surface area contributed by atoms with E-state index in [0.29, 0.717) is 20.7 Å². The Labute approximate surface area is 83.3 Å². The second-order valence-corrected chi connectivity index (χ2v) is 6.09. The average molecular weight is 242 g/mol. The van der Waals surface area contributed by atoms with Gasteiger partial charge in [-0.15, -0.1) is 0 Å². The van der Waals surface area contributed by atoms with Crippen LogP contribution in [0.4, 0.5) is 0 Å². The molecule has 0 heterocycles. The Hall–Kier alpha value is -0.421. The molecule has 0 saturated carbocycles. The molecule has 1 aromatic carbocycles. The van der Waals surface area contributed by atoms with Gasteiger partial charge in [-0.2, -0.15) is 0 Å². The molecule has 0 fully saturated rings. The van der Waals surface area contributed by atoms with Crippen LogP contribution in [0.15, 0.2) is 30.3 Å². The minimum atomic E-state index is 0.531. The Morgan fingerprint density at radius 2 is 2.08 bits per heavy atom. The van der Waals surface area contributed by atoms with Gasteiger partial charge >= 0.3 is 83.2 Å². The van der Waals surface area contributed by atoms with E-state index in [1.54, 1.807) is 11.8 Å². The first kappa shape index (κ1) is 9.67. The summed E-state index contributed by atoms with van der Waals surface area (Å²) in [7, 11) is 0. The van der Waals surface area contributed by atoms with E-state index in [1.165, 1.54) is 4.46 Å². The number of nitrogens with zero attached hydrogens (tertiary/aromatic N) is 1. The molecule has 0 aromatic heterocycles. The van der Waals surface area contributed by atoms with Crippen LogP contribution in [0.5, 0.6) is 0 Å². The molecule has 0 amide bonds. The van der Waals surface area contributed by atoms with Crippen molar-refractivity contribution < 1.29 is 0 Å². The Morgan fingerprint density at radius 3 is 2.75 bits per heavy atom. The summed E-state index contributed by atoms with van der Waals surface area (Å²) < 4.78 is 2.51. The molecule has 12 heavy (non-hydrogen) atoms. The third-order valence-corrected chi connectivity index (χ3v) is 4.90. The van der Waals surface area contributed by atoms with Crippen molar-refractivity contribution in [1.82, 2.24) is 0 Å². The topological polar surface area (TPSA) is 23.8 Å². The number of nitriles is 1. The number of thioether (sulfide) groups is 1. The van der Waals surface area contributed by atoms with E-state index < -0.39 is 0 Å². The fraction of sp³-hybridized carbons (Fsp3) is 0.222.